The molecule has 2 N–H and O–H groups in total. The van der Waals surface area contributed by atoms with E-state index in [1.165, 1.54) is 91.0 Å². The molecule has 40 heavy (non-hydrogen) atoms. The molecule has 0 unspecified atom stereocenters. The van der Waals surface area contributed by atoms with Crippen LogP contribution in [-0.4, -0.2) is 65.0 Å². The topological polar surface area (TPSA) is 75.2 Å². The van der Waals surface area contributed by atoms with Crippen LogP contribution in [0.1, 0.15) is 81.2 Å². The average Bonchev–Trinajstić information content (AvgIpc) is 3.45. The largest absolute Gasteiger partial charge is 0.475 e. The molecule has 0 amide bonds. The maximum absolute atomic E-state index is 5.96. The molecule has 1 aliphatic carbocycles. The van der Waals surface area contributed by atoms with E-state index in [4.69, 9.17) is 9.72 Å². The number of rotatable bonds is 16. The van der Waals surface area contributed by atoms with Gasteiger partial charge in [0.25, 0.3) is 5.88 Å². The van der Waals surface area contributed by atoms with Gasteiger partial charge in [0.15, 0.2) is 0 Å². The third-order valence-electron chi connectivity index (χ3n) is 8.09. The van der Waals surface area contributed by atoms with Crippen LogP contribution >= 0.6 is 11.7 Å². The lowest BCUT2D eigenvalue weighted by Gasteiger charge is -2.22. The molecule has 5 rings (SSSR count). The number of aryl methyl sites for hydroxylation is 1. The van der Waals surface area contributed by atoms with E-state index in [0.29, 0.717) is 12.5 Å². The number of hydrogen-bond acceptors (Lipinski definition) is 8. The summed E-state index contributed by atoms with van der Waals surface area (Å²) in [5, 5.41) is 8.67. The van der Waals surface area contributed by atoms with Gasteiger partial charge in [-0.1, -0.05) is 50.0 Å². The molecule has 2 aliphatic rings. The molecule has 0 radical (unpaired) electrons. The molecule has 0 fully saturated rings. The fourth-order valence-electron chi connectivity index (χ4n) is 5.90. The number of benzene rings is 1. The van der Waals surface area contributed by atoms with E-state index in [1.54, 1.807) is 0 Å². The third kappa shape index (κ3) is 8.02. The molecule has 0 atom stereocenters. The Labute approximate surface area is 244 Å². The van der Waals surface area contributed by atoms with E-state index < -0.39 is 0 Å². The zero-order valence-corrected chi connectivity index (χ0v) is 25.0. The Kier molecular flexibility index (Phi) is 11.2. The lowest BCUT2D eigenvalue weighted by atomic mass is 9.92. The quantitative estimate of drug-likeness (QED) is 0.193. The number of ether oxygens (including phenoxy) is 1. The molecule has 216 valence electrons. The van der Waals surface area contributed by atoms with Crippen LogP contribution in [0.5, 0.6) is 5.88 Å². The Morgan fingerprint density at radius 2 is 1.73 bits per heavy atom. The monoisotopic (exact) mass is 562 g/mol. The number of anilines is 1. The molecular formula is C32H46N6OS. The number of likely N-dealkylation sites (N-methyl/N-ethyl adjacent to an activating group) is 1. The first-order chi connectivity index (χ1) is 19.8. The summed E-state index contributed by atoms with van der Waals surface area (Å²) < 4.78 is 14.8. The summed E-state index contributed by atoms with van der Waals surface area (Å²) in [6.07, 6.45) is 16.9. The number of nitrogens with zero attached hydrogens (tertiary/aromatic N) is 4. The number of nitrogens with one attached hydrogen (secondary N) is 2. The first-order valence-corrected chi connectivity index (χ1v) is 16.2. The van der Waals surface area contributed by atoms with Gasteiger partial charge in [-0.25, -0.2) is 0 Å². The zero-order valence-electron chi connectivity index (χ0n) is 24.2. The van der Waals surface area contributed by atoms with Gasteiger partial charge in [0, 0.05) is 36.4 Å². The number of unbranched alkanes of at least 4 members (excludes halogenated alkanes) is 5. The van der Waals surface area contributed by atoms with Crippen LogP contribution in [0.3, 0.4) is 0 Å². The molecule has 7 nitrogen and oxygen atoms in total. The normalized spacial score (nSPS) is 15.7. The molecule has 3 heterocycles. The maximum atomic E-state index is 5.96. The Hall–Kier alpha value is -2.55. The molecule has 0 bridgehead atoms. The van der Waals surface area contributed by atoms with Crippen molar-refractivity contribution in [3.8, 4) is 5.88 Å². The molecular weight excluding hydrogens is 516 g/mol. The molecule has 8 heteroatoms. The predicted molar refractivity (Wildman–Crippen MR) is 168 cm³/mol. The number of hydrogen-bond donors (Lipinski definition) is 2. The summed E-state index contributed by atoms with van der Waals surface area (Å²) in [6.45, 7) is 5.83. The molecule has 0 spiro atoms. The van der Waals surface area contributed by atoms with Crippen molar-refractivity contribution in [2.75, 3.05) is 51.7 Å². The minimum atomic E-state index is 0.681. The lowest BCUT2D eigenvalue weighted by Crippen LogP contribution is -2.25. The second-order valence-corrected chi connectivity index (χ2v) is 11.8. The van der Waals surface area contributed by atoms with Crippen molar-refractivity contribution in [3.05, 3.63) is 47.3 Å². The van der Waals surface area contributed by atoms with Crippen molar-refractivity contribution >= 4 is 33.9 Å². The van der Waals surface area contributed by atoms with Crippen molar-refractivity contribution in [1.82, 2.24) is 23.9 Å². The van der Waals surface area contributed by atoms with Crippen molar-refractivity contribution in [2.24, 2.45) is 0 Å². The smallest absolute Gasteiger partial charge is 0.253 e. The lowest BCUT2D eigenvalue weighted by molar-refractivity contribution is 0.297. The van der Waals surface area contributed by atoms with Gasteiger partial charge in [-0.15, -0.1) is 4.37 Å². The Morgan fingerprint density at radius 1 is 0.925 bits per heavy atom. The minimum absolute atomic E-state index is 0.681. The van der Waals surface area contributed by atoms with Gasteiger partial charge in [-0.3, -0.25) is 4.98 Å². The third-order valence-corrected chi connectivity index (χ3v) is 8.60. The summed E-state index contributed by atoms with van der Waals surface area (Å²) in [5.74, 6) is 0.704. The van der Waals surface area contributed by atoms with Crippen molar-refractivity contribution in [2.45, 2.75) is 77.0 Å². The van der Waals surface area contributed by atoms with Crippen molar-refractivity contribution in [3.63, 3.8) is 0 Å². The Balaban J connectivity index is 0.888. The summed E-state index contributed by atoms with van der Waals surface area (Å²) in [7, 11) is 2.15. The second kappa shape index (κ2) is 15.5. The average molecular weight is 563 g/mol. The summed E-state index contributed by atoms with van der Waals surface area (Å²) in [5.41, 5.74) is 7.46. The summed E-state index contributed by atoms with van der Waals surface area (Å²) in [6, 6.07) is 8.62. The van der Waals surface area contributed by atoms with E-state index in [1.807, 2.05) is 0 Å². The van der Waals surface area contributed by atoms with Crippen LogP contribution in [0.2, 0.25) is 0 Å². The van der Waals surface area contributed by atoms with Gasteiger partial charge in [0.1, 0.15) is 5.69 Å². The highest BCUT2D eigenvalue weighted by Gasteiger charge is 2.19. The van der Waals surface area contributed by atoms with Crippen LogP contribution in [-0.2, 0) is 12.8 Å². The summed E-state index contributed by atoms with van der Waals surface area (Å²) >= 11 is 1.24. The van der Waals surface area contributed by atoms with Crippen LogP contribution in [0.4, 0.5) is 5.69 Å². The highest BCUT2D eigenvalue weighted by molar-refractivity contribution is 6.99. The van der Waals surface area contributed by atoms with Gasteiger partial charge >= 0.3 is 0 Å². The van der Waals surface area contributed by atoms with Gasteiger partial charge in [-0.2, -0.15) is 4.37 Å². The Morgan fingerprint density at radius 3 is 2.62 bits per heavy atom. The summed E-state index contributed by atoms with van der Waals surface area (Å²) in [4.78, 5) is 7.28. The van der Waals surface area contributed by atoms with E-state index in [-0.39, 0.29) is 0 Å². The second-order valence-electron chi connectivity index (χ2n) is 11.3. The molecule has 0 saturated heterocycles. The fourth-order valence-corrected chi connectivity index (χ4v) is 6.43. The Bertz CT molecular complexity index is 1240. The van der Waals surface area contributed by atoms with Gasteiger partial charge in [-0.05, 0) is 88.7 Å². The molecule has 3 aromatic rings. The zero-order chi connectivity index (χ0) is 27.4. The van der Waals surface area contributed by atoms with Crippen molar-refractivity contribution < 1.29 is 4.74 Å². The van der Waals surface area contributed by atoms with E-state index in [0.717, 1.165) is 69.6 Å². The van der Waals surface area contributed by atoms with Gasteiger partial charge in [0.2, 0.25) is 0 Å². The van der Waals surface area contributed by atoms with Crippen molar-refractivity contribution in [1.29, 1.82) is 0 Å². The standard InChI is InChI=1S/C32H46N6OS/c1-38-22-12-14-25(24-38)30-32(37-40-36-30)39-23-13-20-33-19-10-4-2-3-5-11-21-34-31-26-15-6-8-17-28(26)35-29-18-9-7-16-27(29)31/h6,8,14-15,17,33H,2-5,7,9-13,16,18-24H2,1H3,(H,34,35). The van der Waals surface area contributed by atoms with Crippen LogP contribution in [0.25, 0.3) is 16.5 Å². The van der Waals surface area contributed by atoms with Crippen LogP contribution in [0.15, 0.2) is 30.3 Å². The predicted octanol–water partition coefficient (Wildman–Crippen LogP) is 6.50. The minimum Gasteiger partial charge on any atom is -0.475 e. The first-order valence-electron chi connectivity index (χ1n) is 15.5. The molecule has 1 aromatic carbocycles. The highest BCUT2D eigenvalue weighted by Crippen LogP contribution is 2.33. The first kappa shape index (κ1) is 29.0. The van der Waals surface area contributed by atoms with E-state index in [2.05, 4.69) is 61.7 Å². The molecule has 1 aliphatic heterocycles. The number of fused-ring (bicyclic) bond motifs is 2. The van der Waals surface area contributed by atoms with E-state index >= 15 is 0 Å². The number of pyridine rings is 1. The molecule has 2 aromatic heterocycles. The number of para-hydroxylation sites is 1. The van der Waals surface area contributed by atoms with Gasteiger partial charge in [0.05, 0.1) is 23.9 Å². The van der Waals surface area contributed by atoms with Gasteiger partial charge < -0.3 is 20.3 Å². The maximum Gasteiger partial charge on any atom is 0.253 e. The number of aromatic nitrogens is 3. The highest BCUT2D eigenvalue weighted by atomic mass is 32.1. The van der Waals surface area contributed by atoms with Crippen LogP contribution in [0, 0.1) is 0 Å². The fraction of sp³-hybridized carbons (Fsp3) is 0.594. The SMILES string of the molecule is CN1CCC=C(c2nsnc2OCCCNCCCCCCCCNc2c3c(nc4ccccc24)CCCC3)C1. The molecule has 0 saturated carbocycles. The van der Waals surface area contributed by atoms with E-state index in [9.17, 15) is 0 Å². The van der Waals surface area contributed by atoms with Crippen LogP contribution < -0.4 is 15.4 Å².